The lowest BCUT2D eigenvalue weighted by Crippen LogP contribution is -2.21. The van der Waals surface area contributed by atoms with Gasteiger partial charge >= 0.3 is 6.01 Å². The summed E-state index contributed by atoms with van der Waals surface area (Å²) in [5.74, 6) is 0.569. The van der Waals surface area contributed by atoms with E-state index in [1.807, 2.05) is 25.1 Å². The molecule has 2 N–H and O–H groups in total. The first-order valence-corrected chi connectivity index (χ1v) is 6.93. The molecule has 6 heteroatoms. The Balaban J connectivity index is 2.05. The summed E-state index contributed by atoms with van der Waals surface area (Å²) < 4.78 is 6.47. The van der Waals surface area contributed by atoms with Crippen molar-refractivity contribution in [1.29, 1.82) is 0 Å². The van der Waals surface area contributed by atoms with Crippen LogP contribution in [-0.4, -0.2) is 16.2 Å². The van der Waals surface area contributed by atoms with Crippen molar-refractivity contribution in [2.45, 2.75) is 33.4 Å². The summed E-state index contributed by atoms with van der Waals surface area (Å²) in [5.41, 5.74) is 2.07. The Bertz CT molecular complexity index is 553. The van der Waals surface area contributed by atoms with Gasteiger partial charge in [-0.05, 0) is 40.5 Å². The summed E-state index contributed by atoms with van der Waals surface area (Å²) in [6, 6.07) is 6.80. The van der Waals surface area contributed by atoms with E-state index in [1.54, 1.807) is 0 Å². The van der Waals surface area contributed by atoms with Crippen molar-refractivity contribution in [2.75, 3.05) is 5.32 Å². The third kappa shape index (κ3) is 4.04. The van der Waals surface area contributed by atoms with Crippen LogP contribution in [0.15, 0.2) is 27.1 Å². The number of hydrogen-bond acceptors (Lipinski definition) is 5. The quantitative estimate of drug-likeness (QED) is 0.882. The maximum atomic E-state index is 5.52. The monoisotopic (exact) mass is 324 g/mol. The zero-order valence-corrected chi connectivity index (χ0v) is 12.8. The average Bonchev–Trinajstić information content (AvgIpc) is 2.79. The zero-order valence-electron chi connectivity index (χ0n) is 11.2. The van der Waals surface area contributed by atoms with Crippen LogP contribution in [-0.2, 0) is 6.54 Å². The van der Waals surface area contributed by atoms with Crippen molar-refractivity contribution < 1.29 is 4.42 Å². The first kappa shape index (κ1) is 14.0. The van der Waals surface area contributed by atoms with Gasteiger partial charge in [-0.15, -0.1) is 5.10 Å². The Morgan fingerprint density at radius 2 is 2.11 bits per heavy atom. The molecular formula is C13H17BrN4O. The number of halogens is 1. The lowest BCUT2D eigenvalue weighted by atomic mass is 10.2. The highest BCUT2D eigenvalue weighted by Crippen LogP contribution is 2.26. The van der Waals surface area contributed by atoms with Crippen LogP contribution in [0, 0.1) is 6.92 Å². The summed E-state index contributed by atoms with van der Waals surface area (Å²) in [6.07, 6.45) is 0. The smallest absolute Gasteiger partial charge is 0.320 e. The molecule has 0 fully saturated rings. The van der Waals surface area contributed by atoms with Gasteiger partial charge in [-0.1, -0.05) is 25.0 Å². The molecule has 0 atom stereocenters. The van der Waals surface area contributed by atoms with Crippen molar-refractivity contribution in [2.24, 2.45) is 0 Å². The second-order valence-electron chi connectivity index (χ2n) is 4.64. The van der Waals surface area contributed by atoms with Gasteiger partial charge in [-0.3, -0.25) is 0 Å². The van der Waals surface area contributed by atoms with Crippen LogP contribution in [0.5, 0.6) is 0 Å². The van der Waals surface area contributed by atoms with E-state index in [9.17, 15) is 0 Å². The van der Waals surface area contributed by atoms with Crippen molar-refractivity contribution >= 4 is 27.6 Å². The van der Waals surface area contributed by atoms with Gasteiger partial charge in [0.05, 0.1) is 12.2 Å². The maximum Gasteiger partial charge on any atom is 0.320 e. The number of nitrogens with one attached hydrogen (secondary N) is 2. The Kier molecular flexibility index (Phi) is 4.55. The van der Waals surface area contributed by atoms with Crippen LogP contribution in [0.3, 0.4) is 0 Å². The molecule has 1 heterocycles. The van der Waals surface area contributed by atoms with E-state index in [-0.39, 0.29) is 0 Å². The van der Waals surface area contributed by atoms with Gasteiger partial charge in [0, 0.05) is 10.5 Å². The molecule has 0 spiro atoms. The number of aromatic nitrogens is 2. The molecule has 0 aliphatic carbocycles. The first-order chi connectivity index (χ1) is 9.04. The topological polar surface area (TPSA) is 63.0 Å². The summed E-state index contributed by atoms with van der Waals surface area (Å²) in [7, 11) is 0. The van der Waals surface area contributed by atoms with Crippen LogP contribution < -0.4 is 10.6 Å². The van der Waals surface area contributed by atoms with Gasteiger partial charge in [0.15, 0.2) is 0 Å². The van der Waals surface area contributed by atoms with Crippen LogP contribution in [0.2, 0.25) is 0 Å². The molecule has 0 unspecified atom stereocenters. The summed E-state index contributed by atoms with van der Waals surface area (Å²) in [4.78, 5) is 0. The van der Waals surface area contributed by atoms with E-state index in [0.29, 0.717) is 24.5 Å². The van der Waals surface area contributed by atoms with Gasteiger partial charge in [0.2, 0.25) is 5.89 Å². The number of aryl methyl sites for hydroxylation is 1. The van der Waals surface area contributed by atoms with E-state index < -0.39 is 0 Å². The summed E-state index contributed by atoms with van der Waals surface area (Å²) in [5, 5.41) is 14.3. The fraction of sp³-hybridized carbons (Fsp3) is 0.385. The molecule has 0 bridgehead atoms. The second kappa shape index (κ2) is 6.16. The van der Waals surface area contributed by atoms with Crippen molar-refractivity contribution in [3.63, 3.8) is 0 Å². The van der Waals surface area contributed by atoms with Crippen molar-refractivity contribution in [3.8, 4) is 0 Å². The third-order valence-corrected chi connectivity index (χ3v) is 3.18. The highest BCUT2D eigenvalue weighted by Gasteiger charge is 2.08. The van der Waals surface area contributed by atoms with Crippen LogP contribution >= 0.6 is 15.9 Å². The summed E-state index contributed by atoms with van der Waals surface area (Å²) in [6.45, 7) is 6.74. The Morgan fingerprint density at radius 1 is 1.32 bits per heavy atom. The predicted molar refractivity (Wildman–Crippen MR) is 78.4 cm³/mol. The van der Waals surface area contributed by atoms with Gasteiger partial charge in [-0.2, -0.15) is 0 Å². The number of rotatable bonds is 5. The first-order valence-electron chi connectivity index (χ1n) is 6.13. The van der Waals surface area contributed by atoms with Crippen LogP contribution in [0.4, 0.5) is 11.7 Å². The van der Waals surface area contributed by atoms with Gasteiger partial charge in [0.25, 0.3) is 0 Å². The number of nitrogens with zero attached hydrogens (tertiary/aromatic N) is 2. The van der Waals surface area contributed by atoms with E-state index in [4.69, 9.17) is 4.42 Å². The highest BCUT2D eigenvalue weighted by molar-refractivity contribution is 9.10. The van der Waals surface area contributed by atoms with Crippen molar-refractivity contribution in [3.05, 3.63) is 34.1 Å². The van der Waals surface area contributed by atoms with E-state index in [2.05, 4.69) is 50.6 Å². The fourth-order valence-corrected chi connectivity index (χ4v) is 1.86. The molecule has 2 aromatic rings. The molecule has 0 radical (unpaired) electrons. The van der Waals surface area contributed by atoms with Gasteiger partial charge in [-0.25, -0.2) is 0 Å². The minimum atomic E-state index is 0.384. The lowest BCUT2D eigenvalue weighted by Gasteiger charge is -2.05. The molecule has 1 aromatic carbocycles. The molecule has 0 saturated carbocycles. The molecule has 0 amide bonds. The Hall–Kier alpha value is -1.40. The van der Waals surface area contributed by atoms with E-state index in [0.717, 1.165) is 15.7 Å². The fourth-order valence-electron chi connectivity index (χ4n) is 1.52. The zero-order chi connectivity index (χ0) is 13.8. The summed E-state index contributed by atoms with van der Waals surface area (Å²) >= 11 is 3.48. The SMILES string of the molecule is Cc1ccc(Br)c(Nc2nnc(CNC(C)C)o2)c1. The Labute approximate surface area is 120 Å². The maximum absolute atomic E-state index is 5.52. The van der Waals surface area contributed by atoms with Gasteiger partial charge in [0.1, 0.15) is 0 Å². The van der Waals surface area contributed by atoms with E-state index >= 15 is 0 Å². The molecule has 5 nitrogen and oxygen atoms in total. The minimum Gasteiger partial charge on any atom is -0.406 e. The molecule has 102 valence electrons. The standard InChI is InChI=1S/C13H17BrN4O/c1-8(2)15-7-12-17-18-13(19-12)16-11-6-9(3)4-5-10(11)14/h4-6,8,15H,7H2,1-3H3,(H,16,18). The van der Waals surface area contributed by atoms with Crippen molar-refractivity contribution in [1.82, 2.24) is 15.5 Å². The van der Waals surface area contributed by atoms with Gasteiger partial charge < -0.3 is 15.1 Å². The highest BCUT2D eigenvalue weighted by atomic mass is 79.9. The minimum absolute atomic E-state index is 0.384. The molecule has 2 rings (SSSR count). The molecule has 0 aliphatic rings. The lowest BCUT2D eigenvalue weighted by molar-refractivity contribution is 0.460. The number of benzene rings is 1. The molecule has 19 heavy (non-hydrogen) atoms. The third-order valence-electron chi connectivity index (χ3n) is 2.49. The number of hydrogen-bond donors (Lipinski definition) is 2. The van der Waals surface area contributed by atoms with E-state index in [1.165, 1.54) is 0 Å². The second-order valence-corrected chi connectivity index (χ2v) is 5.50. The van der Waals surface area contributed by atoms with Crippen LogP contribution in [0.25, 0.3) is 0 Å². The number of anilines is 2. The predicted octanol–water partition coefficient (Wildman–Crippen LogP) is 3.38. The molecule has 0 saturated heterocycles. The Morgan fingerprint density at radius 3 is 2.84 bits per heavy atom. The molecular weight excluding hydrogens is 308 g/mol. The van der Waals surface area contributed by atoms with Crippen LogP contribution in [0.1, 0.15) is 25.3 Å². The largest absolute Gasteiger partial charge is 0.406 e. The normalized spacial score (nSPS) is 11.0. The molecule has 1 aromatic heterocycles. The average molecular weight is 325 g/mol. The molecule has 0 aliphatic heterocycles.